The third-order valence-electron chi connectivity index (χ3n) is 7.15. The molecule has 3 aromatic rings. The molecule has 5 rings (SSSR count). The van der Waals surface area contributed by atoms with Crippen molar-refractivity contribution in [2.24, 2.45) is 5.92 Å². The highest BCUT2D eigenvalue weighted by Gasteiger charge is 2.35. The summed E-state index contributed by atoms with van der Waals surface area (Å²) in [6.07, 6.45) is 4.55. The fraction of sp³-hybridized carbons (Fsp3) is 0.462. The molecule has 31 heavy (non-hydrogen) atoms. The quantitative estimate of drug-likeness (QED) is 0.684. The Morgan fingerprint density at radius 2 is 1.68 bits per heavy atom. The first kappa shape index (κ1) is 20.4. The van der Waals surface area contributed by atoms with Crippen LogP contribution in [0.4, 0.5) is 5.82 Å². The Bertz CT molecular complexity index is 977. The number of anilines is 1. The zero-order valence-corrected chi connectivity index (χ0v) is 18.5. The summed E-state index contributed by atoms with van der Waals surface area (Å²) in [7, 11) is 0. The smallest absolute Gasteiger partial charge is 0.147 e. The van der Waals surface area contributed by atoms with E-state index < -0.39 is 0 Å². The van der Waals surface area contributed by atoms with E-state index in [1.807, 2.05) is 24.4 Å². The number of hydrogen-bond acceptors (Lipinski definition) is 5. The van der Waals surface area contributed by atoms with E-state index in [1.54, 1.807) is 0 Å². The van der Waals surface area contributed by atoms with Gasteiger partial charge in [-0.05, 0) is 55.5 Å². The molecule has 2 fully saturated rings. The number of nitrogens with zero attached hydrogens (tertiary/aromatic N) is 4. The minimum atomic E-state index is 0.526. The van der Waals surface area contributed by atoms with E-state index in [1.165, 1.54) is 18.4 Å². The van der Waals surface area contributed by atoms with E-state index in [9.17, 15) is 0 Å². The lowest BCUT2D eigenvalue weighted by Gasteiger charge is -2.46. The second kappa shape index (κ2) is 9.33. The first-order valence-electron chi connectivity index (χ1n) is 11.8. The van der Waals surface area contributed by atoms with Gasteiger partial charge < -0.3 is 10.2 Å². The molecule has 0 amide bonds. The second-order valence-corrected chi connectivity index (χ2v) is 9.04. The van der Waals surface area contributed by atoms with E-state index in [-0.39, 0.29) is 0 Å². The summed E-state index contributed by atoms with van der Waals surface area (Å²) < 4.78 is 0. The fourth-order valence-electron chi connectivity index (χ4n) is 5.50. The van der Waals surface area contributed by atoms with Gasteiger partial charge in [-0.15, -0.1) is 0 Å². The van der Waals surface area contributed by atoms with Gasteiger partial charge in [-0.3, -0.25) is 9.88 Å². The fourth-order valence-corrected chi connectivity index (χ4v) is 5.50. The van der Waals surface area contributed by atoms with Crippen LogP contribution in [0.5, 0.6) is 0 Å². The molecule has 1 aromatic heterocycles. The standard InChI is InChI=1S/C26H33N5/c1-20(21-8-3-2-4-9-21)26(22-10-7-13-27-18-22)31-16-14-30(15-17-31)25-19-28-23-11-5-6-12-24(23)29-25/h2-6,8-9,11-12,19-20,22,26-27H,7,10,13-18H2,1H3. The van der Waals surface area contributed by atoms with Crippen LogP contribution < -0.4 is 10.2 Å². The van der Waals surface area contributed by atoms with E-state index in [2.05, 4.69) is 63.4 Å². The Labute approximate surface area is 185 Å². The predicted octanol–water partition coefficient (Wildman–Crippen LogP) is 3.92. The predicted molar refractivity (Wildman–Crippen MR) is 128 cm³/mol. The molecular weight excluding hydrogens is 382 g/mol. The van der Waals surface area contributed by atoms with Crippen molar-refractivity contribution < 1.29 is 0 Å². The van der Waals surface area contributed by atoms with Crippen LogP contribution in [-0.2, 0) is 0 Å². The number of piperidine rings is 1. The zero-order valence-electron chi connectivity index (χ0n) is 18.5. The molecule has 2 aliphatic heterocycles. The first-order valence-corrected chi connectivity index (χ1v) is 11.8. The molecule has 1 N–H and O–H groups in total. The molecule has 0 spiro atoms. The SMILES string of the molecule is CC(c1ccccc1)C(C1CCCNC1)N1CCN(c2cnc3ccccc3n2)CC1. The van der Waals surface area contributed by atoms with Gasteiger partial charge in [0.2, 0.25) is 0 Å². The van der Waals surface area contributed by atoms with Gasteiger partial charge >= 0.3 is 0 Å². The Balaban J connectivity index is 1.32. The van der Waals surface area contributed by atoms with Crippen molar-refractivity contribution in [3.05, 3.63) is 66.4 Å². The maximum absolute atomic E-state index is 4.88. The number of benzene rings is 2. The molecule has 3 unspecified atom stereocenters. The molecule has 3 heterocycles. The van der Waals surface area contributed by atoms with Gasteiger partial charge in [0.25, 0.3) is 0 Å². The Hall–Kier alpha value is -2.50. The van der Waals surface area contributed by atoms with Gasteiger partial charge in [-0.25, -0.2) is 4.98 Å². The van der Waals surface area contributed by atoms with Crippen LogP contribution in [0, 0.1) is 5.92 Å². The molecule has 3 atom stereocenters. The van der Waals surface area contributed by atoms with Gasteiger partial charge in [0.05, 0.1) is 17.2 Å². The molecular formula is C26H33N5. The summed E-state index contributed by atoms with van der Waals surface area (Å²) in [6, 6.07) is 19.8. The van der Waals surface area contributed by atoms with Crippen LogP contribution >= 0.6 is 0 Å². The van der Waals surface area contributed by atoms with Crippen molar-refractivity contribution in [3.8, 4) is 0 Å². The van der Waals surface area contributed by atoms with E-state index in [0.717, 1.165) is 56.1 Å². The summed E-state index contributed by atoms with van der Waals surface area (Å²) in [6.45, 7) is 8.89. The monoisotopic (exact) mass is 415 g/mol. The number of rotatable bonds is 5. The Morgan fingerprint density at radius 3 is 2.42 bits per heavy atom. The molecule has 2 saturated heterocycles. The van der Waals surface area contributed by atoms with Crippen molar-refractivity contribution in [1.29, 1.82) is 0 Å². The van der Waals surface area contributed by atoms with E-state index in [4.69, 9.17) is 4.98 Å². The maximum atomic E-state index is 4.88. The minimum Gasteiger partial charge on any atom is -0.353 e. The summed E-state index contributed by atoms with van der Waals surface area (Å²) >= 11 is 0. The number of para-hydroxylation sites is 2. The minimum absolute atomic E-state index is 0.526. The van der Waals surface area contributed by atoms with Crippen LogP contribution in [0.3, 0.4) is 0 Å². The number of aromatic nitrogens is 2. The second-order valence-electron chi connectivity index (χ2n) is 9.04. The van der Waals surface area contributed by atoms with Crippen molar-refractivity contribution in [3.63, 3.8) is 0 Å². The summed E-state index contributed by atoms with van der Waals surface area (Å²) in [5.74, 6) is 2.24. The van der Waals surface area contributed by atoms with Crippen molar-refractivity contribution >= 4 is 16.9 Å². The van der Waals surface area contributed by atoms with Gasteiger partial charge in [-0.2, -0.15) is 0 Å². The molecule has 0 bridgehead atoms. The number of nitrogens with one attached hydrogen (secondary N) is 1. The highest BCUT2D eigenvalue weighted by molar-refractivity contribution is 5.75. The third-order valence-corrected chi connectivity index (χ3v) is 7.15. The van der Waals surface area contributed by atoms with Crippen LogP contribution in [-0.4, -0.2) is 60.2 Å². The number of fused-ring (bicyclic) bond motifs is 1. The van der Waals surface area contributed by atoms with Crippen LogP contribution in [0.25, 0.3) is 11.0 Å². The molecule has 2 aliphatic rings. The lowest BCUT2D eigenvalue weighted by Crippen LogP contribution is -2.56. The van der Waals surface area contributed by atoms with Crippen molar-refractivity contribution in [2.45, 2.75) is 31.7 Å². The van der Waals surface area contributed by atoms with Gasteiger partial charge in [0.15, 0.2) is 0 Å². The van der Waals surface area contributed by atoms with Gasteiger partial charge in [-0.1, -0.05) is 49.4 Å². The Morgan fingerprint density at radius 1 is 0.935 bits per heavy atom. The van der Waals surface area contributed by atoms with Crippen molar-refractivity contribution in [2.75, 3.05) is 44.2 Å². The van der Waals surface area contributed by atoms with Crippen molar-refractivity contribution in [1.82, 2.24) is 20.2 Å². The lowest BCUT2D eigenvalue weighted by molar-refractivity contribution is 0.0985. The molecule has 0 saturated carbocycles. The van der Waals surface area contributed by atoms with Gasteiger partial charge in [0.1, 0.15) is 5.82 Å². The normalized spacial score (nSPS) is 22.4. The molecule has 162 valence electrons. The van der Waals surface area contributed by atoms with Crippen LogP contribution in [0.2, 0.25) is 0 Å². The maximum Gasteiger partial charge on any atom is 0.147 e. The van der Waals surface area contributed by atoms with Crippen LogP contribution in [0.15, 0.2) is 60.8 Å². The first-order chi connectivity index (χ1) is 15.3. The highest BCUT2D eigenvalue weighted by atomic mass is 15.3. The topological polar surface area (TPSA) is 44.3 Å². The number of piperazine rings is 1. The Kier molecular flexibility index (Phi) is 6.14. The van der Waals surface area contributed by atoms with Gasteiger partial charge in [0, 0.05) is 32.2 Å². The summed E-state index contributed by atoms with van der Waals surface area (Å²) in [5.41, 5.74) is 3.40. The average Bonchev–Trinajstić information content (AvgIpc) is 2.85. The summed E-state index contributed by atoms with van der Waals surface area (Å²) in [4.78, 5) is 14.7. The van der Waals surface area contributed by atoms with E-state index >= 15 is 0 Å². The summed E-state index contributed by atoms with van der Waals surface area (Å²) in [5, 5.41) is 3.66. The van der Waals surface area contributed by atoms with E-state index in [0.29, 0.717) is 17.9 Å². The largest absolute Gasteiger partial charge is 0.353 e. The van der Waals surface area contributed by atoms with Crippen LogP contribution in [0.1, 0.15) is 31.2 Å². The number of hydrogen-bond donors (Lipinski definition) is 1. The zero-order chi connectivity index (χ0) is 21.0. The molecule has 0 radical (unpaired) electrons. The molecule has 0 aliphatic carbocycles. The molecule has 2 aromatic carbocycles. The lowest BCUT2D eigenvalue weighted by atomic mass is 9.80. The average molecular weight is 416 g/mol. The third kappa shape index (κ3) is 4.43. The highest BCUT2D eigenvalue weighted by Crippen LogP contribution is 2.32. The molecule has 5 nitrogen and oxygen atoms in total. The molecule has 5 heteroatoms.